The number of nitrogens with one attached hydrogen (secondary N) is 2. The van der Waals surface area contributed by atoms with E-state index in [1.54, 1.807) is 12.4 Å². The van der Waals surface area contributed by atoms with Crippen LogP contribution in [-0.2, 0) is 5.54 Å². The van der Waals surface area contributed by atoms with Crippen LogP contribution in [0.15, 0.2) is 17.8 Å². The Balaban J connectivity index is 2.05. The van der Waals surface area contributed by atoms with E-state index in [9.17, 15) is 4.79 Å². The van der Waals surface area contributed by atoms with Crippen LogP contribution in [0.3, 0.4) is 0 Å². The third-order valence-electron chi connectivity index (χ3n) is 3.69. The Bertz CT molecular complexity index is 632. The predicted molar refractivity (Wildman–Crippen MR) is 89.3 cm³/mol. The third kappa shape index (κ3) is 3.47. The van der Waals surface area contributed by atoms with Gasteiger partial charge in [-0.1, -0.05) is 6.92 Å². The highest BCUT2D eigenvalue weighted by molar-refractivity contribution is 7.09. The van der Waals surface area contributed by atoms with Gasteiger partial charge in [-0.05, 0) is 34.1 Å². The van der Waals surface area contributed by atoms with E-state index in [-0.39, 0.29) is 6.03 Å². The van der Waals surface area contributed by atoms with E-state index < -0.39 is 5.54 Å². The molecule has 0 aliphatic carbocycles. The summed E-state index contributed by atoms with van der Waals surface area (Å²) in [5.41, 5.74) is 1.17. The van der Waals surface area contributed by atoms with E-state index in [2.05, 4.69) is 34.6 Å². The van der Waals surface area contributed by atoms with Crippen LogP contribution in [0.25, 0.3) is 0 Å². The number of carbonyl (C=O) groups is 1. The fraction of sp³-hybridized carbons (Fsp3) is 0.533. The summed E-state index contributed by atoms with van der Waals surface area (Å²) >= 11 is 1.52. The molecule has 0 aliphatic rings. The summed E-state index contributed by atoms with van der Waals surface area (Å²) in [5, 5.41) is 12.9. The van der Waals surface area contributed by atoms with Gasteiger partial charge in [0.25, 0.3) is 0 Å². The molecular weight excluding hydrogens is 298 g/mol. The third-order valence-corrected chi connectivity index (χ3v) is 4.79. The molecular formula is C15H23N5OS. The van der Waals surface area contributed by atoms with E-state index in [1.165, 1.54) is 11.3 Å². The largest absolute Gasteiger partial charge is 0.326 e. The van der Waals surface area contributed by atoms with Crippen molar-refractivity contribution in [3.63, 3.8) is 0 Å². The molecule has 2 heterocycles. The summed E-state index contributed by atoms with van der Waals surface area (Å²) in [6, 6.07) is 0.0531. The van der Waals surface area contributed by atoms with Crippen LogP contribution in [0.4, 0.5) is 10.5 Å². The number of hydrogen-bond acceptors (Lipinski definition) is 4. The van der Waals surface area contributed by atoms with Crippen molar-refractivity contribution in [2.75, 3.05) is 5.32 Å². The molecule has 1 atom stereocenters. The van der Waals surface area contributed by atoms with Crippen LogP contribution < -0.4 is 10.6 Å². The number of anilines is 1. The smallest absolute Gasteiger partial charge is 0.320 e. The Hall–Kier alpha value is -1.89. The molecule has 0 spiro atoms. The maximum atomic E-state index is 12.2. The van der Waals surface area contributed by atoms with Crippen LogP contribution in [0.5, 0.6) is 0 Å². The standard InChI is InChI=1S/C15H23N5OS/c1-6-10(2)20-11(3)12(9-17-20)18-14(21)19-15(4,5)13-16-7-8-22-13/h7-10H,6H2,1-5H3,(H2,18,19,21). The first-order valence-corrected chi connectivity index (χ1v) is 8.26. The molecule has 0 aliphatic heterocycles. The number of urea groups is 1. The number of thiazole rings is 1. The van der Waals surface area contributed by atoms with Crippen LogP contribution in [0.2, 0.25) is 0 Å². The highest BCUT2D eigenvalue weighted by Crippen LogP contribution is 2.23. The summed E-state index contributed by atoms with van der Waals surface area (Å²) in [6.45, 7) is 10.0. The van der Waals surface area contributed by atoms with Gasteiger partial charge in [0.1, 0.15) is 5.01 Å². The zero-order valence-electron chi connectivity index (χ0n) is 13.7. The van der Waals surface area contributed by atoms with Crippen molar-refractivity contribution in [3.05, 3.63) is 28.5 Å². The number of amides is 2. The summed E-state index contributed by atoms with van der Waals surface area (Å²) in [4.78, 5) is 16.5. The number of hydrogen-bond donors (Lipinski definition) is 2. The maximum absolute atomic E-state index is 12.2. The second-order valence-corrected chi connectivity index (χ2v) is 6.78. The van der Waals surface area contributed by atoms with Gasteiger partial charge in [0.05, 0.1) is 23.1 Å². The van der Waals surface area contributed by atoms with Crippen molar-refractivity contribution in [1.29, 1.82) is 0 Å². The average molecular weight is 321 g/mol. The molecule has 2 amide bonds. The first kappa shape index (κ1) is 16.5. The number of aromatic nitrogens is 3. The first-order chi connectivity index (χ1) is 10.3. The highest BCUT2D eigenvalue weighted by Gasteiger charge is 2.26. The van der Waals surface area contributed by atoms with Crippen molar-refractivity contribution >= 4 is 23.1 Å². The zero-order valence-corrected chi connectivity index (χ0v) is 14.5. The van der Waals surface area contributed by atoms with Crippen molar-refractivity contribution in [3.8, 4) is 0 Å². The fourth-order valence-corrected chi connectivity index (χ4v) is 2.90. The molecule has 7 heteroatoms. The average Bonchev–Trinajstić information content (AvgIpc) is 3.09. The molecule has 2 rings (SSSR count). The Morgan fingerprint density at radius 1 is 1.50 bits per heavy atom. The number of nitrogens with zero attached hydrogens (tertiary/aromatic N) is 3. The van der Waals surface area contributed by atoms with E-state index in [0.29, 0.717) is 6.04 Å². The predicted octanol–water partition coefficient (Wildman–Crippen LogP) is 3.68. The van der Waals surface area contributed by atoms with Crippen LogP contribution >= 0.6 is 11.3 Å². The molecule has 0 radical (unpaired) electrons. The number of rotatable bonds is 5. The van der Waals surface area contributed by atoms with Crippen molar-refractivity contribution < 1.29 is 4.79 Å². The molecule has 1 unspecified atom stereocenters. The lowest BCUT2D eigenvalue weighted by atomic mass is 10.1. The van der Waals surface area contributed by atoms with Crippen molar-refractivity contribution in [2.24, 2.45) is 0 Å². The second-order valence-electron chi connectivity index (χ2n) is 5.89. The maximum Gasteiger partial charge on any atom is 0.320 e. The lowest BCUT2D eigenvalue weighted by molar-refractivity contribution is 0.241. The molecule has 2 N–H and O–H groups in total. The molecule has 0 saturated heterocycles. The molecule has 0 saturated carbocycles. The minimum absolute atomic E-state index is 0.257. The summed E-state index contributed by atoms with van der Waals surface area (Å²) in [7, 11) is 0. The molecule has 2 aromatic heterocycles. The normalized spacial score (nSPS) is 13.0. The van der Waals surface area contributed by atoms with Gasteiger partial charge in [-0.3, -0.25) is 4.68 Å². The van der Waals surface area contributed by atoms with Crippen LogP contribution in [-0.4, -0.2) is 20.8 Å². The van der Waals surface area contributed by atoms with E-state index in [4.69, 9.17) is 0 Å². The number of carbonyl (C=O) groups excluding carboxylic acids is 1. The zero-order chi connectivity index (χ0) is 16.3. The van der Waals surface area contributed by atoms with Gasteiger partial charge in [-0.2, -0.15) is 5.10 Å². The SMILES string of the molecule is CCC(C)n1ncc(NC(=O)NC(C)(C)c2nccs2)c1C. The molecule has 120 valence electrons. The van der Waals surface area contributed by atoms with Gasteiger partial charge in [0, 0.05) is 17.6 Å². The van der Waals surface area contributed by atoms with Gasteiger partial charge in [-0.15, -0.1) is 11.3 Å². The summed E-state index contributed by atoms with van der Waals surface area (Å²) in [6.07, 6.45) is 4.42. The van der Waals surface area contributed by atoms with E-state index in [1.807, 2.05) is 30.8 Å². The van der Waals surface area contributed by atoms with E-state index in [0.717, 1.165) is 22.8 Å². The minimum Gasteiger partial charge on any atom is -0.326 e. The van der Waals surface area contributed by atoms with E-state index >= 15 is 0 Å². The lowest BCUT2D eigenvalue weighted by Crippen LogP contribution is -2.43. The second kappa shape index (κ2) is 6.48. The van der Waals surface area contributed by atoms with Crippen LogP contribution in [0, 0.1) is 6.92 Å². The van der Waals surface area contributed by atoms with Crippen LogP contribution in [0.1, 0.15) is 50.9 Å². The molecule has 22 heavy (non-hydrogen) atoms. The summed E-state index contributed by atoms with van der Waals surface area (Å²) in [5.74, 6) is 0. The minimum atomic E-state index is -0.515. The molecule has 0 bridgehead atoms. The molecule has 2 aromatic rings. The van der Waals surface area contributed by atoms with Gasteiger partial charge in [-0.25, -0.2) is 9.78 Å². The quantitative estimate of drug-likeness (QED) is 0.882. The molecule has 6 nitrogen and oxygen atoms in total. The van der Waals surface area contributed by atoms with Gasteiger partial charge in [0.2, 0.25) is 0 Å². The summed E-state index contributed by atoms with van der Waals surface area (Å²) < 4.78 is 1.93. The Labute approximate surface area is 135 Å². The fourth-order valence-electron chi connectivity index (χ4n) is 2.19. The first-order valence-electron chi connectivity index (χ1n) is 7.38. The Morgan fingerprint density at radius 2 is 2.23 bits per heavy atom. The highest BCUT2D eigenvalue weighted by atomic mass is 32.1. The lowest BCUT2D eigenvalue weighted by Gasteiger charge is -2.23. The van der Waals surface area contributed by atoms with Crippen molar-refractivity contribution in [1.82, 2.24) is 20.1 Å². The van der Waals surface area contributed by atoms with Gasteiger partial charge >= 0.3 is 6.03 Å². The van der Waals surface area contributed by atoms with Gasteiger partial charge in [0.15, 0.2) is 0 Å². The topological polar surface area (TPSA) is 71.8 Å². The molecule has 0 aromatic carbocycles. The van der Waals surface area contributed by atoms with Gasteiger partial charge < -0.3 is 10.6 Å². The Kier molecular flexibility index (Phi) is 4.85. The van der Waals surface area contributed by atoms with Crippen molar-refractivity contribution in [2.45, 2.75) is 52.6 Å². The monoisotopic (exact) mass is 321 g/mol. The Morgan fingerprint density at radius 3 is 2.82 bits per heavy atom. The molecule has 0 fully saturated rings.